The van der Waals surface area contributed by atoms with Crippen molar-refractivity contribution in [3.8, 4) is 0 Å². The third kappa shape index (κ3) is 6.15. The molecule has 0 heterocycles. The molecule has 4 nitrogen and oxygen atoms in total. The van der Waals surface area contributed by atoms with Gasteiger partial charge in [-0.25, -0.2) is 16.5 Å². The number of hydrogen-bond donors (Lipinski definition) is 0. The van der Waals surface area contributed by atoms with Crippen LogP contribution in [0.2, 0.25) is 0 Å². The zero-order chi connectivity index (χ0) is 16.0. The number of nitrogens with zero attached hydrogens (tertiary/aromatic N) is 2. The van der Waals surface area contributed by atoms with Crippen LogP contribution in [0.1, 0.15) is 5.56 Å². The van der Waals surface area contributed by atoms with Crippen LogP contribution in [-0.2, 0) is 10.0 Å². The summed E-state index contributed by atoms with van der Waals surface area (Å²) in [4.78, 5) is -0.128. The lowest BCUT2D eigenvalue weighted by Gasteiger charge is -2.22. The van der Waals surface area contributed by atoms with E-state index >= 15 is 0 Å². The average Bonchev–Trinajstić information content (AvgIpc) is 2.36. The molecular formula is C13H18ClFN2O2S2. The summed E-state index contributed by atoms with van der Waals surface area (Å²) in [7, 11) is -0.153. The van der Waals surface area contributed by atoms with Gasteiger partial charge in [0, 0.05) is 26.0 Å². The molecule has 118 valence electrons. The van der Waals surface area contributed by atoms with Gasteiger partial charge in [-0.2, -0.15) is 0 Å². The molecule has 0 bridgehead atoms. The first kappa shape index (κ1) is 18.1. The molecule has 1 aromatic carbocycles. The molecule has 8 heteroatoms. The Balaban J connectivity index is 3.03. The average molecular weight is 353 g/mol. The quantitative estimate of drug-likeness (QED) is 0.557. The minimum atomic E-state index is -3.72. The van der Waals surface area contributed by atoms with E-state index < -0.39 is 15.0 Å². The first-order valence-electron chi connectivity index (χ1n) is 6.10. The SMILES string of the molecule is Cc1ccc(N(SC(F)Cl)S(=O)(=O)CC=CN(C)C)cc1. The lowest BCUT2D eigenvalue weighted by Crippen LogP contribution is -2.27. The van der Waals surface area contributed by atoms with Crippen molar-refractivity contribution in [3.63, 3.8) is 0 Å². The Hall–Kier alpha value is -0.920. The number of halogens is 2. The van der Waals surface area contributed by atoms with Gasteiger partial charge in [0.15, 0.2) is 0 Å². The fourth-order valence-electron chi connectivity index (χ4n) is 1.47. The largest absolute Gasteiger partial charge is 0.384 e. The summed E-state index contributed by atoms with van der Waals surface area (Å²) in [6.45, 7) is 1.88. The summed E-state index contributed by atoms with van der Waals surface area (Å²) >= 11 is 5.73. The summed E-state index contributed by atoms with van der Waals surface area (Å²) in [6.07, 6.45) is 3.13. The van der Waals surface area contributed by atoms with Crippen molar-refractivity contribution in [2.45, 2.75) is 11.9 Å². The van der Waals surface area contributed by atoms with Crippen LogP contribution < -0.4 is 3.71 Å². The van der Waals surface area contributed by atoms with E-state index in [9.17, 15) is 12.8 Å². The van der Waals surface area contributed by atoms with Crippen LogP contribution >= 0.6 is 23.5 Å². The molecule has 0 radical (unpaired) electrons. The standard InChI is InChI=1S/C13H18ClFN2O2S2/c1-11-5-7-12(8-6-11)17(20-13(14)15)21(18,19)10-4-9-16(2)3/h4-9,13H,10H2,1-3H3. The van der Waals surface area contributed by atoms with Gasteiger partial charge < -0.3 is 4.90 Å². The maximum absolute atomic E-state index is 13.1. The highest BCUT2D eigenvalue weighted by atomic mass is 35.5. The van der Waals surface area contributed by atoms with Crippen molar-refractivity contribution in [2.75, 3.05) is 23.6 Å². The summed E-state index contributed by atoms with van der Waals surface area (Å²) in [5.41, 5.74) is 1.35. The van der Waals surface area contributed by atoms with Crippen molar-refractivity contribution < 1.29 is 12.8 Å². The van der Waals surface area contributed by atoms with E-state index in [1.54, 1.807) is 49.5 Å². The number of sulfonamides is 1. The van der Waals surface area contributed by atoms with E-state index in [0.717, 1.165) is 9.27 Å². The Bertz CT molecular complexity index is 574. The fourth-order valence-corrected chi connectivity index (χ4v) is 4.08. The Morgan fingerprint density at radius 2 is 1.90 bits per heavy atom. The molecule has 21 heavy (non-hydrogen) atoms. The number of aryl methyl sites for hydroxylation is 1. The number of alkyl halides is 2. The Morgan fingerprint density at radius 3 is 2.38 bits per heavy atom. The van der Waals surface area contributed by atoms with Crippen LogP contribution in [0.4, 0.5) is 10.1 Å². The predicted octanol–water partition coefficient (Wildman–Crippen LogP) is 3.35. The van der Waals surface area contributed by atoms with Gasteiger partial charge in [0.05, 0.1) is 11.4 Å². The minimum absolute atomic E-state index is 0.240. The van der Waals surface area contributed by atoms with E-state index in [0.29, 0.717) is 17.6 Å². The van der Waals surface area contributed by atoms with E-state index in [4.69, 9.17) is 11.6 Å². The third-order valence-electron chi connectivity index (χ3n) is 2.38. The second kappa shape index (κ2) is 7.91. The second-order valence-corrected chi connectivity index (χ2v) is 8.28. The lowest BCUT2D eigenvalue weighted by atomic mass is 10.2. The molecule has 0 aliphatic heterocycles. The van der Waals surface area contributed by atoms with Crippen LogP contribution in [0.15, 0.2) is 36.5 Å². The monoisotopic (exact) mass is 352 g/mol. The van der Waals surface area contributed by atoms with Crippen molar-refractivity contribution in [3.05, 3.63) is 42.1 Å². The topological polar surface area (TPSA) is 40.6 Å². The predicted molar refractivity (Wildman–Crippen MR) is 88.6 cm³/mol. The number of rotatable bonds is 7. The summed E-state index contributed by atoms with van der Waals surface area (Å²) < 4.78 is 38.7. The summed E-state index contributed by atoms with van der Waals surface area (Å²) in [5, 5.41) is 0. The van der Waals surface area contributed by atoms with Gasteiger partial charge in [-0.05, 0) is 25.3 Å². The third-order valence-corrected chi connectivity index (χ3v) is 5.45. The van der Waals surface area contributed by atoms with E-state index in [1.165, 1.54) is 6.08 Å². The van der Waals surface area contributed by atoms with Gasteiger partial charge in [0.25, 0.3) is 0 Å². The van der Waals surface area contributed by atoms with E-state index in [1.807, 2.05) is 6.92 Å². The van der Waals surface area contributed by atoms with Crippen molar-refractivity contribution in [1.82, 2.24) is 4.90 Å². The first-order valence-corrected chi connectivity index (χ1v) is 8.98. The van der Waals surface area contributed by atoms with Crippen molar-refractivity contribution in [2.24, 2.45) is 0 Å². The number of anilines is 1. The zero-order valence-electron chi connectivity index (χ0n) is 12.0. The Kier molecular flexibility index (Phi) is 6.83. The molecule has 0 saturated carbocycles. The maximum atomic E-state index is 13.1. The van der Waals surface area contributed by atoms with Crippen molar-refractivity contribution in [1.29, 1.82) is 0 Å². The van der Waals surface area contributed by atoms with Gasteiger partial charge in [0.1, 0.15) is 0 Å². The first-order chi connectivity index (χ1) is 9.72. The molecule has 0 aliphatic rings. The molecule has 1 rings (SSSR count). The minimum Gasteiger partial charge on any atom is -0.384 e. The van der Waals surface area contributed by atoms with Gasteiger partial charge in [0.2, 0.25) is 15.0 Å². The molecule has 0 aliphatic carbocycles. The molecule has 1 aromatic rings. The molecule has 0 fully saturated rings. The van der Waals surface area contributed by atoms with E-state index in [-0.39, 0.29) is 5.75 Å². The molecule has 0 amide bonds. The zero-order valence-corrected chi connectivity index (χ0v) is 14.4. The van der Waals surface area contributed by atoms with Crippen LogP contribution in [0.3, 0.4) is 0 Å². The number of hydrogen-bond acceptors (Lipinski definition) is 4. The molecule has 0 saturated heterocycles. The van der Waals surface area contributed by atoms with E-state index in [2.05, 4.69) is 0 Å². The van der Waals surface area contributed by atoms with Gasteiger partial charge in [-0.1, -0.05) is 35.4 Å². The normalized spacial score (nSPS) is 13.4. The molecule has 1 atom stereocenters. The molecule has 0 spiro atoms. The fraction of sp³-hybridized carbons (Fsp3) is 0.385. The van der Waals surface area contributed by atoms with Gasteiger partial charge in [-0.15, -0.1) is 0 Å². The highest BCUT2D eigenvalue weighted by Crippen LogP contribution is 2.31. The van der Waals surface area contributed by atoms with Crippen LogP contribution in [0, 0.1) is 6.92 Å². The molecule has 0 aromatic heterocycles. The molecule has 0 N–H and O–H groups in total. The molecule has 1 unspecified atom stereocenters. The Morgan fingerprint density at radius 1 is 1.33 bits per heavy atom. The smallest absolute Gasteiger partial charge is 0.248 e. The second-order valence-electron chi connectivity index (χ2n) is 4.56. The lowest BCUT2D eigenvalue weighted by molar-refractivity contribution is 0.559. The maximum Gasteiger partial charge on any atom is 0.248 e. The Labute approximate surface area is 134 Å². The van der Waals surface area contributed by atoms with Crippen LogP contribution in [0.25, 0.3) is 0 Å². The highest BCUT2D eigenvalue weighted by Gasteiger charge is 2.25. The van der Waals surface area contributed by atoms with Gasteiger partial charge >= 0.3 is 0 Å². The molecular weight excluding hydrogens is 335 g/mol. The van der Waals surface area contributed by atoms with Crippen LogP contribution in [0.5, 0.6) is 0 Å². The summed E-state index contributed by atoms with van der Waals surface area (Å²) in [5.74, 6) is -0.240. The number of benzene rings is 1. The van der Waals surface area contributed by atoms with Crippen LogP contribution in [-0.4, -0.2) is 38.1 Å². The highest BCUT2D eigenvalue weighted by molar-refractivity contribution is 8.15. The van der Waals surface area contributed by atoms with Crippen molar-refractivity contribution >= 4 is 39.3 Å². The summed E-state index contributed by atoms with van der Waals surface area (Å²) in [6, 6.07) is 6.76. The van der Waals surface area contributed by atoms with Gasteiger partial charge in [-0.3, -0.25) is 0 Å².